The number of carbonyl (C=O) groups excluding carboxylic acids is 2. The molecule has 2 aromatic rings. The Morgan fingerprint density at radius 1 is 1.19 bits per heavy atom. The average molecular weight is 347 g/mol. The SMILES string of the molecule is Cc1ccc(NC(=O)CN2C(=O)[C@@H]3CCCC3=Nc3ccccc32)cc1. The topological polar surface area (TPSA) is 61.8 Å². The van der Waals surface area contributed by atoms with Crippen molar-refractivity contribution in [1.29, 1.82) is 0 Å². The fourth-order valence-corrected chi connectivity index (χ4v) is 3.62. The highest BCUT2D eigenvalue weighted by atomic mass is 16.2. The lowest BCUT2D eigenvalue weighted by Crippen LogP contribution is -2.41. The number of nitrogens with zero attached hydrogens (tertiary/aromatic N) is 2. The number of fused-ring (bicyclic) bond motifs is 2. The Morgan fingerprint density at radius 3 is 2.77 bits per heavy atom. The van der Waals surface area contributed by atoms with Gasteiger partial charge in [-0.3, -0.25) is 14.6 Å². The molecule has 4 rings (SSSR count). The van der Waals surface area contributed by atoms with Crippen molar-refractivity contribution in [3.05, 3.63) is 54.1 Å². The number of hydrogen-bond donors (Lipinski definition) is 1. The van der Waals surface area contributed by atoms with Crippen molar-refractivity contribution in [1.82, 2.24) is 0 Å². The third-order valence-corrected chi connectivity index (χ3v) is 4.97. The van der Waals surface area contributed by atoms with E-state index in [1.807, 2.05) is 55.5 Å². The van der Waals surface area contributed by atoms with Gasteiger partial charge in [0.2, 0.25) is 11.8 Å². The molecule has 0 saturated heterocycles. The van der Waals surface area contributed by atoms with Gasteiger partial charge in [0.1, 0.15) is 6.54 Å². The summed E-state index contributed by atoms with van der Waals surface area (Å²) in [6, 6.07) is 15.2. The molecule has 132 valence electrons. The zero-order valence-corrected chi connectivity index (χ0v) is 14.7. The molecule has 0 unspecified atom stereocenters. The van der Waals surface area contributed by atoms with Gasteiger partial charge >= 0.3 is 0 Å². The molecule has 2 aliphatic rings. The minimum atomic E-state index is -0.210. The number of para-hydroxylation sites is 2. The van der Waals surface area contributed by atoms with Crippen LogP contribution in [0.2, 0.25) is 0 Å². The molecule has 5 heteroatoms. The van der Waals surface area contributed by atoms with Crippen LogP contribution in [0.5, 0.6) is 0 Å². The summed E-state index contributed by atoms with van der Waals surface area (Å²) in [6.45, 7) is 1.99. The summed E-state index contributed by atoms with van der Waals surface area (Å²) in [5.74, 6) is -0.432. The number of nitrogens with one attached hydrogen (secondary N) is 1. The van der Waals surface area contributed by atoms with Crippen molar-refractivity contribution < 1.29 is 9.59 Å². The van der Waals surface area contributed by atoms with E-state index in [0.717, 1.165) is 41.9 Å². The van der Waals surface area contributed by atoms with Crippen LogP contribution in [0.3, 0.4) is 0 Å². The molecule has 0 spiro atoms. The highest BCUT2D eigenvalue weighted by Crippen LogP contribution is 2.37. The van der Waals surface area contributed by atoms with Crippen LogP contribution in [0.1, 0.15) is 24.8 Å². The van der Waals surface area contributed by atoms with Crippen molar-refractivity contribution in [3.63, 3.8) is 0 Å². The molecule has 1 aliphatic heterocycles. The van der Waals surface area contributed by atoms with Crippen LogP contribution >= 0.6 is 0 Å². The zero-order chi connectivity index (χ0) is 18.1. The molecular weight excluding hydrogens is 326 g/mol. The minimum Gasteiger partial charge on any atom is -0.325 e. The van der Waals surface area contributed by atoms with Gasteiger partial charge in [0.15, 0.2) is 0 Å². The predicted molar refractivity (Wildman–Crippen MR) is 103 cm³/mol. The Kier molecular flexibility index (Phi) is 4.29. The maximum Gasteiger partial charge on any atom is 0.244 e. The first kappa shape index (κ1) is 16.5. The second kappa shape index (κ2) is 6.75. The summed E-state index contributed by atoms with van der Waals surface area (Å²) in [6.07, 6.45) is 2.64. The van der Waals surface area contributed by atoms with Gasteiger partial charge in [-0.15, -0.1) is 0 Å². The van der Waals surface area contributed by atoms with E-state index >= 15 is 0 Å². The first-order valence-electron chi connectivity index (χ1n) is 8.96. The van der Waals surface area contributed by atoms with Crippen LogP contribution in [0.25, 0.3) is 0 Å². The van der Waals surface area contributed by atoms with Crippen LogP contribution in [-0.2, 0) is 9.59 Å². The van der Waals surface area contributed by atoms with Gasteiger partial charge in [-0.25, -0.2) is 0 Å². The molecule has 1 N–H and O–H groups in total. The Bertz CT molecular complexity index is 886. The van der Waals surface area contributed by atoms with E-state index in [0.29, 0.717) is 5.69 Å². The lowest BCUT2D eigenvalue weighted by molar-refractivity contribution is -0.122. The number of carbonyl (C=O) groups is 2. The largest absolute Gasteiger partial charge is 0.325 e. The third-order valence-electron chi connectivity index (χ3n) is 4.97. The second-order valence-electron chi connectivity index (χ2n) is 6.88. The van der Waals surface area contributed by atoms with Crippen molar-refractivity contribution >= 4 is 34.6 Å². The van der Waals surface area contributed by atoms with Crippen molar-refractivity contribution in [2.24, 2.45) is 10.9 Å². The molecular formula is C21H21N3O2. The van der Waals surface area contributed by atoms with Crippen molar-refractivity contribution in [2.75, 3.05) is 16.8 Å². The molecule has 0 aromatic heterocycles. The van der Waals surface area contributed by atoms with Gasteiger partial charge in [0.05, 0.1) is 17.3 Å². The Hall–Kier alpha value is -2.95. The fraction of sp³-hybridized carbons (Fsp3) is 0.286. The number of anilines is 2. The molecule has 0 radical (unpaired) electrons. The van der Waals surface area contributed by atoms with Crippen LogP contribution in [0.15, 0.2) is 53.5 Å². The first-order valence-corrected chi connectivity index (χ1v) is 8.96. The summed E-state index contributed by atoms with van der Waals surface area (Å²) in [5, 5.41) is 2.88. The van der Waals surface area contributed by atoms with Crippen molar-refractivity contribution in [3.8, 4) is 0 Å². The van der Waals surface area contributed by atoms with E-state index in [4.69, 9.17) is 4.99 Å². The molecule has 2 aromatic carbocycles. The highest BCUT2D eigenvalue weighted by molar-refractivity contribution is 6.16. The molecule has 1 aliphatic carbocycles. The van der Waals surface area contributed by atoms with E-state index in [2.05, 4.69) is 5.32 Å². The number of aliphatic imine (C=N–C) groups is 1. The standard InChI is InChI=1S/C21H21N3O2/c1-14-9-11-15(12-10-14)22-20(25)13-24-19-8-3-2-6-18(19)23-17-7-4-5-16(17)21(24)26/h2-3,6,8-12,16H,4-5,7,13H2,1H3,(H,22,25)/t16-/m1/s1. The number of benzene rings is 2. The lowest BCUT2D eigenvalue weighted by Gasteiger charge is -2.24. The first-order chi connectivity index (χ1) is 12.6. The predicted octanol–water partition coefficient (Wildman–Crippen LogP) is 3.85. The molecule has 0 bridgehead atoms. The maximum atomic E-state index is 13.1. The van der Waals surface area contributed by atoms with Gasteiger partial charge < -0.3 is 10.2 Å². The summed E-state index contributed by atoms with van der Waals surface area (Å²) in [5.41, 5.74) is 4.28. The van der Waals surface area contributed by atoms with Crippen molar-refractivity contribution in [2.45, 2.75) is 26.2 Å². The monoisotopic (exact) mass is 347 g/mol. The van der Waals surface area contributed by atoms with Crippen LogP contribution in [0.4, 0.5) is 17.1 Å². The summed E-state index contributed by atoms with van der Waals surface area (Å²) >= 11 is 0. The van der Waals surface area contributed by atoms with Crippen LogP contribution < -0.4 is 10.2 Å². The van der Waals surface area contributed by atoms with E-state index in [1.54, 1.807) is 4.90 Å². The Morgan fingerprint density at radius 2 is 1.96 bits per heavy atom. The van der Waals surface area contributed by atoms with E-state index < -0.39 is 0 Å². The fourth-order valence-electron chi connectivity index (χ4n) is 3.62. The normalized spacial score (nSPS) is 18.7. The molecule has 26 heavy (non-hydrogen) atoms. The number of amides is 2. The number of rotatable bonds is 3. The van der Waals surface area contributed by atoms with Gasteiger partial charge in [-0.1, -0.05) is 29.8 Å². The van der Waals surface area contributed by atoms with Gasteiger partial charge in [-0.2, -0.15) is 0 Å². The molecule has 5 nitrogen and oxygen atoms in total. The summed E-state index contributed by atoms with van der Waals surface area (Å²) in [7, 11) is 0. The van der Waals surface area contributed by atoms with Gasteiger partial charge in [-0.05, 0) is 50.5 Å². The molecule has 1 atom stereocenters. The smallest absolute Gasteiger partial charge is 0.244 e. The zero-order valence-electron chi connectivity index (χ0n) is 14.7. The molecule has 1 heterocycles. The Labute approximate surface area is 152 Å². The quantitative estimate of drug-likeness (QED) is 0.916. The number of aryl methyl sites for hydroxylation is 1. The van der Waals surface area contributed by atoms with E-state index in [9.17, 15) is 9.59 Å². The summed E-state index contributed by atoms with van der Waals surface area (Å²) in [4.78, 5) is 32.0. The average Bonchev–Trinajstić information content (AvgIpc) is 3.06. The minimum absolute atomic E-state index is 0.0109. The third kappa shape index (κ3) is 3.12. The van der Waals surface area contributed by atoms with E-state index in [-0.39, 0.29) is 24.3 Å². The number of hydrogen-bond acceptors (Lipinski definition) is 3. The van der Waals surface area contributed by atoms with Gasteiger partial charge in [0.25, 0.3) is 0 Å². The summed E-state index contributed by atoms with van der Waals surface area (Å²) < 4.78 is 0. The van der Waals surface area contributed by atoms with Crippen LogP contribution in [-0.4, -0.2) is 24.1 Å². The lowest BCUT2D eigenvalue weighted by atomic mass is 10.1. The maximum absolute atomic E-state index is 13.1. The Balaban J connectivity index is 1.59. The molecule has 2 amide bonds. The highest BCUT2D eigenvalue weighted by Gasteiger charge is 2.36. The van der Waals surface area contributed by atoms with Gasteiger partial charge in [0, 0.05) is 11.4 Å². The molecule has 1 saturated carbocycles. The molecule has 1 fully saturated rings. The second-order valence-corrected chi connectivity index (χ2v) is 6.88. The van der Waals surface area contributed by atoms with Crippen LogP contribution in [0, 0.1) is 12.8 Å². The van der Waals surface area contributed by atoms with E-state index in [1.165, 1.54) is 0 Å².